The summed E-state index contributed by atoms with van der Waals surface area (Å²) in [4.78, 5) is 4.40. The van der Waals surface area contributed by atoms with Crippen molar-refractivity contribution in [2.75, 3.05) is 6.54 Å². The summed E-state index contributed by atoms with van der Waals surface area (Å²) in [6, 6.07) is 10.4. The van der Waals surface area contributed by atoms with E-state index in [0.717, 1.165) is 18.8 Å². The fourth-order valence-electron chi connectivity index (χ4n) is 1.50. The van der Waals surface area contributed by atoms with Crippen LogP contribution in [0, 0.1) is 0 Å². The summed E-state index contributed by atoms with van der Waals surface area (Å²) in [6.45, 7) is 14.9. The van der Waals surface area contributed by atoms with Gasteiger partial charge in [-0.2, -0.15) is 0 Å². The van der Waals surface area contributed by atoms with Gasteiger partial charge in [-0.3, -0.25) is 4.99 Å². The monoisotopic (exact) mass is 276 g/mol. The first-order valence-corrected chi connectivity index (χ1v) is 7.85. The Hall–Kier alpha value is -1.57. The van der Waals surface area contributed by atoms with E-state index in [1.165, 1.54) is 11.3 Å². The third-order valence-corrected chi connectivity index (χ3v) is 2.24. The van der Waals surface area contributed by atoms with E-state index in [2.05, 4.69) is 47.6 Å². The average Bonchev–Trinajstić information content (AvgIpc) is 2.54. The standard InChI is InChI=1S/C12H14N2.3C2H6/c1-10-7-8-13-12(14-10)9-11-5-3-2-4-6-11;3*1-2/h2-7H,8-9H2,1H3,(H,13,14);3*1-2H3. The van der Waals surface area contributed by atoms with Crippen LogP contribution in [0.3, 0.4) is 0 Å². The van der Waals surface area contributed by atoms with Crippen molar-refractivity contribution in [3.63, 3.8) is 0 Å². The molecule has 1 aromatic rings. The van der Waals surface area contributed by atoms with Gasteiger partial charge in [0, 0.05) is 12.1 Å². The zero-order chi connectivity index (χ0) is 15.8. The van der Waals surface area contributed by atoms with E-state index in [4.69, 9.17) is 0 Å². The summed E-state index contributed by atoms with van der Waals surface area (Å²) in [7, 11) is 0. The molecule has 20 heavy (non-hydrogen) atoms. The van der Waals surface area contributed by atoms with Crippen molar-refractivity contribution in [2.24, 2.45) is 4.99 Å². The van der Waals surface area contributed by atoms with Gasteiger partial charge in [-0.1, -0.05) is 71.9 Å². The molecule has 0 unspecified atom stereocenters. The Balaban J connectivity index is 0. The van der Waals surface area contributed by atoms with Crippen molar-refractivity contribution in [3.05, 3.63) is 47.7 Å². The lowest BCUT2D eigenvalue weighted by Gasteiger charge is -2.14. The van der Waals surface area contributed by atoms with E-state index < -0.39 is 0 Å². The first kappa shape index (κ1) is 20.7. The third kappa shape index (κ3) is 9.37. The predicted octanol–water partition coefficient (Wildman–Crippen LogP) is 5.21. The predicted molar refractivity (Wildman–Crippen MR) is 93.4 cm³/mol. The van der Waals surface area contributed by atoms with Crippen molar-refractivity contribution in [2.45, 2.75) is 54.9 Å². The highest BCUT2D eigenvalue weighted by Crippen LogP contribution is 2.03. The van der Waals surface area contributed by atoms with Crippen LogP contribution >= 0.6 is 0 Å². The number of nitrogens with zero attached hydrogens (tertiary/aromatic N) is 1. The van der Waals surface area contributed by atoms with Gasteiger partial charge >= 0.3 is 0 Å². The normalized spacial score (nSPS) is 11.8. The smallest absolute Gasteiger partial charge is 0.105 e. The van der Waals surface area contributed by atoms with E-state index in [1.54, 1.807) is 0 Å². The molecule has 0 atom stereocenters. The lowest BCUT2D eigenvalue weighted by atomic mass is 10.1. The van der Waals surface area contributed by atoms with E-state index in [0.29, 0.717) is 0 Å². The van der Waals surface area contributed by atoms with Crippen LogP contribution in [0.25, 0.3) is 0 Å². The number of amidine groups is 1. The summed E-state index contributed by atoms with van der Waals surface area (Å²) in [6.07, 6.45) is 2.99. The van der Waals surface area contributed by atoms with Crippen LogP contribution < -0.4 is 5.32 Å². The maximum absolute atomic E-state index is 4.40. The van der Waals surface area contributed by atoms with E-state index >= 15 is 0 Å². The van der Waals surface area contributed by atoms with Gasteiger partial charge in [0.05, 0.1) is 6.54 Å². The molecule has 0 radical (unpaired) electrons. The maximum Gasteiger partial charge on any atom is 0.105 e. The van der Waals surface area contributed by atoms with E-state index in [9.17, 15) is 0 Å². The number of hydrogen-bond acceptors (Lipinski definition) is 2. The Morgan fingerprint density at radius 1 is 0.950 bits per heavy atom. The number of nitrogens with one attached hydrogen (secondary N) is 1. The number of aliphatic imine (C=N–C) groups is 1. The van der Waals surface area contributed by atoms with Crippen LogP contribution in [0.4, 0.5) is 0 Å². The molecule has 0 fully saturated rings. The van der Waals surface area contributed by atoms with Crippen molar-refractivity contribution < 1.29 is 0 Å². The second-order valence-electron chi connectivity index (χ2n) is 3.46. The molecular formula is C18H32N2. The highest BCUT2D eigenvalue weighted by Gasteiger charge is 2.04. The van der Waals surface area contributed by atoms with Crippen LogP contribution in [0.2, 0.25) is 0 Å². The van der Waals surface area contributed by atoms with Gasteiger partial charge in [-0.25, -0.2) is 0 Å². The second-order valence-corrected chi connectivity index (χ2v) is 3.46. The van der Waals surface area contributed by atoms with Gasteiger partial charge in [-0.05, 0) is 18.6 Å². The second kappa shape index (κ2) is 15.5. The average molecular weight is 276 g/mol. The molecule has 0 aromatic heterocycles. The Kier molecular flexibility index (Phi) is 16.1. The molecule has 2 rings (SSSR count). The molecule has 0 aliphatic carbocycles. The maximum atomic E-state index is 4.40. The largest absolute Gasteiger partial charge is 0.348 e. The molecule has 2 heteroatoms. The highest BCUT2D eigenvalue weighted by atomic mass is 15.0. The molecular weight excluding hydrogens is 244 g/mol. The lowest BCUT2D eigenvalue weighted by Crippen LogP contribution is -2.26. The number of hydrogen-bond donors (Lipinski definition) is 1. The highest BCUT2D eigenvalue weighted by molar-refractivity contribution is 5.86. The molecule has 0 amide bonds. The Bertz CT molecular complexity index is 364. The minimum absolute atomic E-state index is 0.807. The Morgan fingerprint density at radius 2 is 1.50 bits per heavy atom. The summed E-state index contributed by atoms with van der Waals surface area (Å²) >= 11 is 0. The zero-order valence-corrected chi connectivity index (χ0v) is 14.3. The zero-order valence-electron chi connectivity index (χ0n) is 14.3. The Morgan fingerprint density at radius 3 is 2.00 bits per heavy atom. The fourth-order valence-corrected chi connectivity index (χ4v) is 1.50. The van der Waals surface area contributed by atoms with Gasteiger partial charge in [0.25, 0.3) is 0 Å². The minimum atomic E-state index is 0.807. The molecule has 1 aliphatic rings. The van der Waals surface area contributed by atoms with Crippen LogP contribution in [-0.2, 0) is 6.42 Å². The van der Waals surface area contributed by atoms with Crippen molar-refractivity contribution in [3.8, 4) is 0 Å². The topological polar surface area (TPSA) is 24.4 Å². The summed E-state index contributed by atoms with van der Waals surface area (Å²) < 4.78 is 0. The number of rotatable bonds is 2. The summed E-state index contributed by atoms with van der Waals surface area (Å²) in [5, 5.41) is 3.28. The molecule has 1 N–H and O–H groups in total. The molecule has 0 bridgehead atoms. The van der Waals surface area contributed by atoms with Crippen LogP contribution in [0.1, 0.15) is 54.0 Å². The quantitative estimate of drug-likeness (QED) is 0.787. The molecule has 1 aromatic carbocycles. The summed E-state index contributed by atoms with van der Waals surface area (Å²) in [5.74, 6) is 1.07. The van der Waals surface area contributed by atoms with Gasteiger partial charge in [0.15, 0.2) is 0 Å². The minimum Gasteiger partial charge on any atom is -0.348 e. The van der Waals surface area contributed by atoms with Crippen LogP contribution in [0.5, 0.6) is 0 Å². The summed E-state index contributed by atoms with van der Waals surface area (Å²) in [5.41, 5.74) is 2.50. The molecule has 114 valence electrons. The van der Waals surface area contributed by atoms with Crippen LogP contribution in [0.15, 0.2) is 47.1 Å². The molecule has 1 aliphatic heterocycles. The lowest BCUT2D eigenvalue weighted by molar-refractivity contribution is 0.981. The molecule has 0 spiro atoms. The first-order valence-electron chi connectivity index (χ1n) is 7.85. The van der Waals surface area contributed by atoms with Crippen molar-refractivity contribution >= 4 is 5.84 Å². The molecule has 2 nitrogen and oxygen atoms in total. The van der Waals surface area contributed by atoms with Gasteiger partial charge < -0.3 is 5.32 Å². The van der Waals surface area contributed by atoms with Gasteiger partial charge in [-0.15, -0.1) is 0 Å². The van der Waals surface area contributed by atoms with Gasteiger partial charge in [0.2, 0.25) is 0 Å². The Labute approximate surface area is 126 Å². The third-order valence-electron chi connectivity index (χ3n) is 2.24. The van der Waals surface area contributed by atoms with Gasteiger partial charge in [0.1, 0.15) is 5.84 Å². The SMILES string of the molecule is CC.CC.CC.CC1=CCN=C(Cc2ccccc2)N1. The fraction of sp³-hybridized carbons (Fsp3) is 0.500. The van der Waals surface area contributed by atoms with Crippen molar-refractivity contribution in [1.29, 1.82) is 0 Å². The van der Waals surface area contributed by atoms with E-state index in [1.807, 2.05) is 47.6 Å². The van der Waals surface area contributed by atoms with Crippen molar-refractivity contribution in [1.82, 2.24) is 5.32 Å². The van der Waals surface area contributed by atoms with E-state index in [-0.39, 0.29) is 0 Å². The molecule has 1 heterocycles. The number of benzene rings is 1. The molecule has 0 saturated heterocycles. The van der Waals surface area contributed by atoms with Crippen LogP contribution in [-0.4, -0.2) is 12.4 Å². The molecule has 0 saturated carbocycles. The first-order chi connectivity index (χ1) is 9.84. The number of allylic oxidation sites excluding steroid dienone is 1.